The second-order valence-corrected chi connectivity index (χ2v) is 4.84. The fourth-order valence-electron chi connectivity index (χ4n) is 2.07. The summed E-state index contributed by atoms with van der Waals surface area (Å²) < 4.78 is 5.48. The topological polar surface area (TPSA) is 67.4 Å². The van der Waals surface area contributed by atoms with Crippen molar-refractivity contribution in [3.05, 3.63) is 54.1 Å². The number of anilines is 2. The Bertz CT molecular complexity index is 695. The van der Waals surface area contributed by atoms with E-state index in [4.69, 9.17) is 4.74 Å². The lowest BCUT2D eigenvalue weighted by molar-refractivity contribution is -0.133. The van der Waals surface area contributed by atoms with Gasteiger partial charge in [-0.15, -0.1) is 0 Å². The van der Waals surface area contributed by atoms with Crippen LogP contribution in [0.2, 0.25) is 0 Å². The molecule has 0 aromatic heterocycles. The van der Waals surface area contributed by atoms with Gasteiger partial charge >= 0.3 is 0 Å². The average molecular weight is 282 g/mol. The number of nitrogens with one attached hydrogen (secondary N) is 2. The maximum Gasteiger partial charge on any atom is 0.275 e. The fourth-order valence-corrected chi connectivity index (χ4v) is 2.07. The lowest BCUT2D eigenvalue weighted by Gasteiger charge is -2.24. The van der Waals surface area contributed by atoms with Gasteiger partial charge in [-0.05, 0) is 31.2 Å². The van der Waals surface area contributed by atoms with Crippen molar-refractivity contribution in [3.8, 4) is 5.75 Å². The van der Waals surface area contributed by atoms with Crippen LogP contribution >= 0.6 is 0 Å². The fraction of sp³-hybridized carbons (Fsp3) is 0.125. The van der Waals surface area contributed by atoms with Gasteiger partial charge in [0.15, 0.2) is 0 Å². The molecule has 1 atom stereocenters. The average Bonchev–Trinajstić information content (AvgIpc) is 2.49. The van der Waals surface area contributed by atoms with Crippen molar-refractivity contribution in [1.29, 1.82) is 0 Å². The molecule has 3 rings (SSSR count). The lowest BCUT2D eigenvalue weighted by atomic mass is 10.2. The Labute approximate surface area is 121 Å². The molecule has 5 heteroatoms. The number of aryl methyl sites for hydroxylation is 1. The highest BCUT2D eigenvalue weighted by atomic mass is 16.5. The van der Waals surface area contributed by atoms with Crippen LogP contribution in [0.5, 0.6) is 5.75 Å². The second-order valence-electron chi connectivity index (χ2n) is 4.84. The first-order valence-corrected chi connectivity index (χ1v) is 6.57. The number of hydrogen-bond donors (Lipinski definition) is 2. The van der Waals surface area contributed by atoms with Crippen LogP contribution in [0.4, 0.5) is 11.4 Å². The van der Waals surface area contributed by atoms with E-state index >= 15 is 0 Å². The molecule has 1 aliphatic rings. The van der Waals surface area contributed by atoms with Crippen LogP contribution in [0.1, 0.15) is 5.56 Å². The molecular weight excluding hydrogens is 268 g/mol. The first-order valence-electron chi connectivity index (χ1n) is 6.57. The molecule has 0 aliphatic carbocycles. The Hall–Kier alpha value is -2.82. The third-order valence-electron chi connectivity index (χ3n) is 3.19. The van der Waals surface area contributed by atoms with E-state index in [1.807, 2.05) is 19.1 Å². The molecule has 2 aromatic carbocycles. The van der Waals surface area contributed by atoms with Gasteiger partial charge in [-0.25, -0.2) is 0 Å². The van der Waals surface area contributed by atoms with Gasteiger partial charge in [0.1, 0.15) is 5.75 Å². The summed E-state index contributed by atoms with van der Waals surface area (Å²) in [7, 11) is 0. The zero-order valence-corrected chi connectivity index (χ0v) is 11.4. The minimum Gasteiger partial charge on any atom is -0.468 e. The van der Waals surface area contributed by atoms with Gasteiger partial charge in [-0.3, -0.25) is 9.59 Å². The molecule has 0 bridgehead atoms. The van der Waals surface area contributed by atoms with Crippen molar-refractivity contribution in [2.24, 2.45) is 0 Å². The highest BCUT2D eigenvalue weighted by molar-refractivity contribution is 6.15. The quantitative estimate of drug-likeness (QED) is 0.831. The second kappa shape index (κ2) is 5.28. The van der Waals surface area contributed by atoms with Crippen LogP contribution in [0.15, 0.2) is 48.5 Å². The van der Waals surface area contributed by atoms with Crippen LogP contribution in [-0.2, 0) is 9.59 Å². The van der Waals surface area contributed by atoms with Gasteiger partial charge in [0, 0.05) is 5.69 Å². The van der Waals surface area contributed by atoms with E-state index in [1.165, 1.54) is 0 Å². The third-order valence-corrected chi connectivity index (χ3v) is 3.19. The number of para-hydroxylation sites is 2. The normalized spacial score (nSPS) is 16.4. The SMILES string of the molecule is Cc1ccc(NC(=O)C2Oc3ccccc3NC2=O)cc1. The first-order chi connectivity index (χ1) is 10.1. The molecule has 1 aliphatic heterocycles. The summed E-state index contributed by atoms with van der Waals surface area (Å²) in [4.78, 5) is 24.1. The number of fused-ring (bicyclic) bond motifs is 1. The lowest BCUT2D eigenvalue weighted by Crippen LogP contribution is -2.45. The van der Waals surface area contributed by atoms with E-state index in [2.05, 4.69) is 10.6 Å². The van der Waals surface area contributed by atoms with E-state index in [0.29, 0.717) is 17.1 Å². The van der Waals surface area contributed by atoms with Crippen molar-refractivity contribution < 1.29 is 14.3 Å². The molecule has 0 fully saturated rings. The molecule has 5 nitrogen and oxygen atoms in total. The van der Waals surface area contributed by atoms with Crippen molar-refractivity contribution in [2.45, 2.75) is 13.0 Å². The van der Waals surface area contributed by atoms with Crippen molar-refractivity contribution >= 4 is 23.2 Å². The molecule has 2 amide bonds. The molecule has 21 heavy (non-hydrogen) atoms. The van der Waals surface area contributed by atoms with Crippen LogP contribution in [0.25, 0.3) is 0 Å². The third kappa shape index (κ3) is 2.72. The van der Waals surface area contributed by atoms with Crippen LogP contribution in [-0.4, -0.2) is 17.9 Å². The van der Waals surface area contributed by atoms with Crippen LogP contribution in [0, 0.1) is 6.92 Å². The van der Waals surface area contributed by atoms with E-state index in [1.54, 1.807) is 36.4 Å². The van der Waals surface area contributed by atoms with Crippen molar-refractivity contribution in [1.82, 2.24) is 0 Å². The number of amides is 2. The maximum absolute atomic E-state index is 12.2. The molecular formula is C16H14N2O3. The summed E-state index contributed by atoms with van der Waals surface area (Å²) in [6.45, 7) is 1.96. The highest BCUT2D eigenvalue weighted by Crippen LogP contribution is 2.29. The van der Waals surface area contributed by atoms with Crippen LogP contribution in [0.3, 0.4) is 0 Å². The predicted molar refractivity (Wildman–Crippen MR) is 79.3 cm³/mol. The number of rotatable bonds is 2. The highest BCUT2D eigenvalue weighted by Gasteiger charge is 2.33. The Kier molecular flexibility index (Phi) is 3.31. The minimum absolute atomic E-state index is 0.474. The molecule has 0 radical (unpaired) electrons. The van der Waals surface area contributed by atoms with Crippen LogP contribution < -0.4 is 15.4 Å². The molecule has 1 unspecified atom stereocenters. The summed E-state index contributed by atoms with van der Waals surface area (Å²) in [5.74, 6) is -0.481. The van der Waals surface area contributed by atoms with Gasteiger partial charge in [-0.2, -0.15) is 0 Å². The molecule has 106 valence electrons. The number of carbonyl (C=O) groups excluding carboxylic acids is 2. The minimum atomic E-state index is -1.19. The zero-order valence-electron chi connectivity index (χ0n) is 11.4. The van der Waals surface area contributed by atoms with E-state index in [-0.39, 0.29) is 0 Å². The van der Waals surface area contributed by atoms with Gasteiger partial charge in [0.25, 0.3) is 17.9 Å². The predicted octanol–water partition coefficient (Wildman–Crippen LogP) is 2.33. The van der Waals surface area contributed by atoms with Gasteiger partial charge in [0.05, 0.1) is 5.69 Å². The molecule has 2 aromatic rings. The number of benzene rings is 2. The number of ether oxygens (including phenoxy) is 1. The summed E-state index contributed by atoms with van der Waals surface area (Å²) in [6, 6.07) is 14.3. The molecule has 2 N–H and O–H groups in total. The van der Waals surface area contributed by atoms with Gasteiger partial charge in [-0.1, -0.05) is 29.8 Å². The Morgan fingerprint density at radius 3 is 2.62 bits per heavy atom. The standard InChI is InChI=1S/C16H14N2O3/c1-10-6-8-11(9-7-10)17-15(19)14-16(20)18-12-4-2-3-5-13(12)21-14/h2-9,14H,1H3,(H,17,19)(H,18,20). The summed E-state index contributed by atoms with van der Waals surface area (Å²) >= 11 is 0. The smallest absolute Gasteiger partial charge is 0.275 e. The molecule has 1 heterocycles. The Morgan fingerprint density at radius 2 is 1.86 bits per heavy atom. The monoisotopic (exact) mass is 282 g/mol. The number of hydrogen-bond acceptors (Lipinski definition) is 3. The Balaban J connectivity index is 1.76. The van der Waals surface area contributed by atoms with Gasteiger partial charge in [0.2, 0.25) is 0 Å². The van der Waals surface area contributed by atoms with Crippen molar-refractivity contribution in [2.75, 3.05) is 10.6 Å². The number of carbonyl (C=O) groups is 2. The van der Waals surface area contributed by atoms with Gasteiger partial charge < -0.3 is 15.4 Å². The largest absolute Gasteiger partial charge is 0.468 e. The summed E-state index contributed by atoms with van der Waals surface area (Å²) in [6.07, 6.45) is -1.19. The summed E-state index contributed by atoms with van der Waals surface area (Å²) in [5.41, 5.74) is 2.29. The van der Waals surface area contributed by atoms with E-state index in [0.717, 1.165) is 5.56 Å². The molecule has 0 saturated carbocycles. The maximum atomic E-state index is 12.2. The van der Waals surface area contributed by atoms with Crippen molar-refractivity contribution in [3.63, 3.8) is 0 Å². The molecule has 0 spiro atoms. The molecule has 0 saturated heterocycles. The Morgan fingerprint density at radius 1 is 1.14 bits per heavy atom. The summed E-state index contributed by atoms with van der Waals surface area (Å²) in [5, 5.41) is 5.34. The zero-order chi connectivity index (χ0) is 14.8. The van der Waals surface area contributed by atoms with E-state index < -0.39 is 17.9 Å². The van der Waals surface area contributed by atoms with E-state index in [9.17, 15) is 9.59 Å². The first kappa shape index (κ1) is 13.2.